The molecule has 1 N–H and O–H groups in total. The van der Waals surface area contributed by atoms with Crippen molar-refractivity contribution in [3.63, 3.8) is 0 Å². The summed E-state index contributed by atoms with van der Waals surface area (Å²) >= 11 is 0. The van der Waals surface area contributed by atoms with Crippen molar-refractivity contribution < 1.29 is 13.2 Å². The van der Waals surface area contributed by atoms with Gasteiger partial charge in [0.25, 0.3) is 0 Å². The second-order valence-electron chi connectivity index (χ2n) is 7.68. The maximum Gasteiger partial charge on any atom is 0.220 e. The third-order valence-electron chi connectivity index (χ3n) is 5.60. The minimum Gasteiger partial charge on any atom is -0.355 e. The van der Waals surface area contributed by atoms with Crippen molar-refractivity contribution in [2.45, 2.75) is 38.6 Å². The van der Waals surface area contributed by atoms with E-state index >= 15 is 0 Å². The van der Waals surface area contributed by atoms with Crippen LogP contribution in [0.15, 0.2) is 30.3 Å². The Hall–Kier alpha value is -1.15. The molecule has 1 saturated carbocycles. The number of amides is 1. The minimum atomic E-state index is -3.31. The molecule has 0 atom stereocenters. The second kappa shape index (κ2) is 11.1. The van der Waals surface area contributed by atoms with E-state index in [1.807, 2.05) is 18.2 Å². The molecule has 0 spiro atoms. The lowest BCUT2D eigenvalue weighted by Crippen LogP contribution is -2.49. The van der Waals surface area contributed by atoms with Crippen LogP contribution in [0.2, 0.25) is 0 Å². The number of carbonyl (C=O) groups is 1. The van der Waals surface area contributed by atoms with E-state index in [0.29, 0.717) is 25.4 Å². The van der Waals surface area contributed by atoms with Gasteiger partial charge in [-0.25, -0.2) is 8.42 Å². The molecule has 0 unspecified atom stereocenters. The third-order valence-corrected chi connectivity index (χ3v) is 7.48. The van der Waals surface area contributed by atoms with Gasteiger partial charge in [0.05, 0.1) is 5.75 Å². The zero-order valence-corrected chi connectivity index (χ0v) is 18.0. The number of halogens is 1. The molecule has 1 amide bonds. The number of hydrogen-bond acceptors (Lipinski definition) is 4. The standard InChI is InChI=1S/C20H31N3O3S.ClH/c24-20(16-18-6-4-5-7-18)21-10-15-27(25,26)23-13-11-22(12-14-23)17-19-8-2-1-3-9-19;/h1-3,8-9,18H,4-7,10-17H2,(H,21,24);1H. The normalized spacial score (nSPS) is 19.3. The monoisotopic (exact) mass is 429 g/mol. The zero-order valence-electron chi connectivity index (χ0n) is 16.4. The Morgan fingerprint density at radius 2 is 1.68 bits per heavy atom. The molecule has 1 aliphatic carbocycles. The lowest BCUT2D eigenvalue weighted by atomic mass is 10.0. The Balaban J connectivity index is 0.00000280. The predicted octanol–water partition coefficient (Wildman–Crippen LogP) is 2.25. The van der Waals surface area contributed by atoms with Crippen molar-refractivity contribution in [3.8, 4) is 0 Å². The van der Waals surface area contributed by atoms with Crippen molar-refractivity contribution in [3.05, 3.63) is 35.9 Å². The van der Waals surface area contributed by atoms with Gasteiger partial charge < -0.3 is 5.32 Å². The van der Waals surface area contributed by atoms with Gasteiger partial charge in [-0.15, -0.1) is 12.4 Å². The average molecular weight is 430 g/mol. The summed E-state index contributed by atoms with van der Waals surface area (Å²) < 4.78 is 26.6. The second-order valence-corrected chi connectivity index (χ2v) is 9.77. The molecular formula is C20H32ClN3O3S. The number of sulfonamides is 1. The summed E-state index contributed by atoms with van der Waals surface area (Å²) in [5.41, 5.74) is 1.25. The smallest absolute Gasteiger partial charge is 0.220 e. The molecule has 6 nitrogen and oxygen atoms in total. The lowest BCUT2D eigenvalue weighted by molar-refractivity contribution is -0.121. The van der Waals surface area contributed by atoms with Gasteiger partial charge in [-0.2, -0.15) is 4.31 Å². The van der Waals surface area contributed by atoms with E-state index in [1.165, 1.54) is 18.4 Å². The van der Waals surface area contributed by atoms with Gasteiger partial charge in [-0.3, -0.25) is 9.69 Å². The molecule has 1 saturated heterocycles. The maximum atomic E-state index is 12.5. The van der Waals surface area contributed by atoms with Gasteiger partial charge in [-0.05, 0) is 24.3 Å². The number of rotatable bonds is 8. The van der Waals surface area contributed by atoms with Gasteiger partial charge in [0.15, 0.2) is 0 Å². The quantitative estimate of drug-likeness (QED) is 0.688. The topological polar surface area (TPSA) is 69.7 Å². The summed E-state index contributed by atoms with van der Waals surface area (Å²) in [4.78, 5) is 14.2. The molecule has 1 heterocycles. The molecule has 0 bridgehead atoms. The number of piperazine rings is 1. The molecule has 1 aliphatic heterocycles. The molecule has 2 fully saturated rings. The first-order valence-corrected chi connectivity index (χ1v) is 11.6. The average Bonchev–Trinajstić information content (AvgIpc) is 3.16. The molecule has 1 aromatic carbocycles. The number of carbonyl (C=O) groups excluding carboxylic acids is 1. The van der Waals surface area contributed by atoms with Crippen molar-refractivity contribution >= 4 is 28.3 Å². The Bertz CT molecular complexity index is 701. The molecular weight excluding hydrogens is 398 g/mol. The van der Waals surface area contributed by atoms with E-state index in [4.69, 9.17) is 0 Å². The van der Waals surface area contributed by atoms with Crippen LogP contribution in [0.1, 0.15) is 37.7 Å². The molecule has 0 aromatic heterocycles. The summed E-state index contributed by atoms with van der Waals surface area (Å²) in [5, 5.41) is 2.79. The molecule has 3 rings (SSSR count). The summed E-state index contributed by atoms with van der Waals surface area (Å²) in [5.74, 6) is 0.464. The summed E-state index contributed by atoms with van der Waals surface area (Å²) in [6.07, 6.45) is 5.21. The predicted molar refractivity (Wildman–Crippen MR) is 114 cm³/mol. The molecule has 0 radical (unpaired) electrons. The van der Waals surface area contributed by atoms with Gasteiger partial charge in [-0.1, -0.05) is 43.2 Å². The third kappa shape index (κ3) is 7.03. The Labute approximate surface area is 175 Å². The van der Waals surface area contributed by atoms with Crippen LogP contribution in [0, 0.1) is 5.92 Å². The van der Waals surface area contributed by atoms with Crippen LogP contribution in [0.5, 0.6) is 0 Å². The van der Waals surface area contributed by atoms with Gasteiger partial charge in [0, 0.05) is 45.7 Å². The first-order chi connectivity index (χ1) is 13.0. The molecule has 28 heavy (non-hydrogen) atoms. The molecule has 8 heteroatoms. The maximum absolute atomic E-state index is 12.5. The van der Waals surface area contributed by atoms with Crippen LogP contribution in [0.4, 0.5) is 0 Å². The Morgan fingerprint density at radius 1 is 1.04 bits per heavy atom. The fraction of sp³-hybridized carbons (Fsp3) is 0.650. The summed E-state index contributed by atoms with van der Waals surface area (Å²) in [7, 11) is -3.31. The van der Waals surface area contributed by atoms with E-state index in [2.05, 4.69) is 22.3 Å². The largest absolute Gasteiger partial charge is 0.355 e. The highest BCUT2D eigenvalue weighted by atomic mass is 35.5. The van der Waals surface area contributed by atoms with Gasteiger partial charge in [0.2, 0.25) is 15.9 Å². The fourth-order valence-corrected chi connectivity index (χ4v) is 5.34. The highest BCUT2D eigenvalue weighted by molar-refractivity contribution is 7.89. The lowest BCUT2D eigenvalue weighted by Gasteiger charge is -2.34. The van der Waals surface area contributed by atoms with Crippen LogP contribution < -0.4 is 5.32 Å². The van der Waals surface area contributed by atoms with Crippen molar-refractivity contribution in [1.29, 1.82) is 0 Å². The number of nitrogens with zero attached hydrogens (tertiary/aromatic N) is 2. The van der Waals surface area contributed by atoms with Crippen LogP contribution in [0.3, 0.4) is 0 Å². The number of hydrogen-bond donors (Lipinski definition) is 1. The highest BCUT2D eigenvalue weighted by Crippen LogP contribution is 2.27. The number of nitrogens with one attached hydrogen (secondary N) is 1. The van der Waals surface area contributed by atoms with E-state index in [9.17, 15) is 13.2 Å². The fourth-order valence-electron chi connectivity index (χ4n) is 4.00. The van der Waals surface area contributed by atoms with E-state index in [-0.39, 0.29) is 30.6 Å². The number of benzene rings is 1. The van der Waals surface area contributed by atoms with Crippen LogP contribution in [-0.2, 0) is 21.4 Å². The van der Waals surface area contributed by atoms with Gasteiger partial charge in [0.1, 0.15) is 0 Å². The van der Waals surface area contributed by atoms with Crippen LogP contribution >= 0.6 is 12.4 Å². The van der Waals surface area contributed by atoms with Gasteiger partial charge >= 0.3 is 0 Å². The minimum absolute atomic E-state index is 0. The molecule has 158 valence electrons. The zero-order chi connectivity index (χ0) is 19.1. The first kappa shape index (κ1) is 23.1. The van der Waals surface area contributed by atoms with E-state index in [0.717, 1.165) is 32.5 Å². The van der Waals surface area contributed by atoms with Crippen LogP contribution in [0.25, 0.3) is 0 Å². The van der Waals surface area contributed by atoms with Crippen molar-refractivity contribution in [1.82, 2.24) is 14.5 Å². The summed E-state index contributed by atoms with van der Waals surface area (Å²) in [6.45, 7) is 3.57. The van der Waals surface area contributed by atoms with Crippen molar-refractivity contribution in [2.75, 3.05) is 38.5 Å². The van der Waals surface area contributed by atoms with E-state index in [1.54, 1.807) is 4.31 Å². The highest BCUT2D eigenvalue weighted by Gasteiger charge is 2.27. The molecule has 1 aromatic rings. The van der Waals surface area contributed by atoms with E-state index < -0.39 is 10.0 Å². The first-order valence-electron chi connectivity index (χ1n) is 10.0. The summed E-state index contributed by atoms with van der Waals surface area (Å²) in [6, 6.07) is 10.2. The Kier molecular flexibility index (Phi) is 9.21. The SMILES string of the molecule is Cl.O=C(CC1CCCC1)NCCS(=O)(=O)N1CCN(Cc2ccccc2)CC1. The van der Waals surface area contributed by atoms with Crippen LogP contribution in [-0.4, -0.2) is 62.0 Å². The molecule has 2 aliphatic rings. The van der Waals surface area contributed by atoms with Crippen molar-refractivity contribution in [2.24, 2.45) is 5.92 Å². The Morgan fingerprint density at radius 3 is 2.32 bits per heavy atom.